The van der Waals surface area contributed by atoms with Gasteiger partial charge in [0, 0.05) is 19.4 Å². The number of rotatable bonds is 3. The molecule has 8 heteroatoms. The van der Waals surface area contributed by atoms with Gasteiger partial charge in [-0.15, -0.1) is 0 Å². The van der Waals surface area contributed by atoms with Crippen molar-refractivity contribution < 1.29 is 19.0 Å². The third-order valence-electron chi connectivity index (χ3n) is 3.15. The van der Waals surface area contributed by atoms with Gasteiger partial charge in [0.15, 0.2) is 12.4 Å². The summed E-state index contributed by atoms with van der Waals surface area (Å²) in [5.74, 6) is 0. The number of halogens is 1. The number of nitrogens with one attached hydrogen (secondary N) is 1. The first-order chi connectivity index (χ1) is 8.89. The second-order valence-corrected chi connectivity index (χ2v) is 4.66. The predicted molar refractivity (Wildman–Crippen MR) is 62.6 cm³/mol. The maximum absolute atomic E-state index is 14.1. The van der Waals surface area contributed by atoms with Crippen molar-refractivity contribution in [3.63, 3.8) is 0 Å². The van der Waals surface area contributed by atoms with Gasteiger partial charge in [0.2, 0.25) is 0 Å². The molecule has 1 aliphatic rings. The van der Waals surface area contributed by atoms with Gasteiger partial charge in [-0.05, 0) is 6.92 Å². The monoisotopic (exact) mass is 274 g/mol. The van der Waals surface area contributed by atoms with Gasteiger partial charge in [-0.2, -0.15) is 0 Å². The maximum atomic E-state index is 14.1. The van der Waals surface area contributed by atoms with Gasteiger partial charge in [-0.3, -0.25) is 14.3 Å². The van der Waals surface area contributed by atoms with E-state index < -0.39 is 35.4 Å². The molecule has 2 heterocycles. The van der Waals surface area contributed by atoms with Crippen LogP contribution in [0, 0.1) is 0 Å². The molecule has 7 nitrogen and oxygen atoms in total. The molecule has 0 bridgehead atoms. The Morgan fingerprint density at radius 2 is 2.32 bits per heavy atom. The van der Waals surface area contributed by atoms with Crippen LogP contribution in [-0.4, -0.2) is 46.3 Å². The molecule has 19 heavy (non-hydrogen) atoms. The number of H-pyrrole nitrogens is 1. The zero-order valence-corrected chi connectivity index (χ0v) is 10.5. The van der Waals surface area contributed by atoms with Crippen LogP contribution in [0.15, 0.2) is 21.9 Å². The summed E-state index contributed by atoms with van der Waals surface area (Å²) in [7, 11) is 1.40. The van der Waals surface area contributed by atoms with Crippen molar-refractivity contribution in [3.05, 3.63) is 33.1 Å². The smallest absolute Gasteiger partial charge is 0.330 e. The highest BCUT2D eigenvalue weighted by Crippen LogP contribution is 2.38. The Balaban J connectivity index is 2.37. The first-order valence-corrected chi connectivity index (χ1v) is 5.69. The molecule has 106 valence electrons. The van der Waals surface area contributed by atoms with Crippen LogP contribution in [0.25, 0.3) is 0 Å². The lowest BCUT2D eigenvalue weighted by Crippen LogP contribution is -2.43. The molecule has 4 unspecified atom stereocenters. The van der Waals surface area contributed by atoms with Crippen LogP contribution in [0.2, 0.25) is 0 Å². The van der Waals surface area contributed by atoms with E-state index in [1.54, 1.807) is 0 Å². The van der Waals surface area contributed by atoms with Crippen molar-refractivity contribution in [1.29, 1.82) is 0 Å². The first-order valence-electron chi connectivity index (χ1n) is 5.69. The standard InChI is InChI=1S/C11H15FN2O5/c1-11(5-18-2)8(16)7(12)9(19-11)14-4-3-6(15)13-10(14)17/h3-4,7-9,16H,5H2,1-2H3,(H,13,15,17). The molecule has 0 saturated carbocycles. The second kappa shape index (κ2) is 4.87. The van der Waals surface area contributed by atoms with Crippen molar-refractivity contribution in [2.75, 3.05) is 13.7 Å². The van der Waals surface area contributed by atoms with E-state index >= 15 is 0 Å². The lowest BCUT2D eigenvalue weighted by Gasteiger charge is -2.26. The summed E-state index contributed by atoms with van der Waals surface area (Å²) >= 11 is 0. The molecule has 0 amide bonds. The minimum absolute atomic E-state index is 0.0246. The average Bonchev–Trinajstić information content (AvgIpc) is 2.55. The molecule has 0 aliphatic carbocycles. The lowest BCUT2D eigenvalue weighted by molar-refractivity contribution is -0.124. The molecular weight excluding hydrogens is 259 g/mol. The Kier molecular flexibility index (Phi) is 3.57. The van der Waals surface area contributed by atoms with E-state index in [1.165, 1.54) is 14.0 Å². The van der Waals surface area contributed by atoms with Crippen LogP contribution in [0.4, 0.5) is 4.39 Å². The number of aromatic amines is 1. The van der Waals surface area contributed by atoms with Crippen molar-refractivity contribution in [1.82, 2.24) is 9.55 Å². The van der Waals surface area contributed by atoms with Crippen molar-refractivity contribution in [3.8, 4) is 0 Å². The van der Waals surface area contributed by atoms with Crippen LogP contribution in [0.1, 0.15) is 13.2 Å². The second-order valence-electron chi connectivity index (χ2n) is 4.66. The summed E-state index contributed by atoms with van der Waals surface area (Å²) in [6.45, 7) is 1.47. The van der Waals surface area contributed by atoms with E-state index in [-0.39, 0.29) is 6.61 Å². The zero-order chi connectivity index (χ0) is 14.2. The molecule has 1 aliphatic heterocycles. The van der Waals surface area contributed by atoms with Gasteiger partial charge in [0.05, 0.1) is 6.61 Å². The first kappa shape index (κ1) is 13.9. The molecule has 0 spiro atoms. The topological polar surface area (TPSA) is 93.5 Å². The van der Waals surface area contributed by atoms with Gasteiger partial charge in [-0.25, -0.2) is 9.18 Å². The molecule has 1 aromatic rings. The minimum Gasteiger partial charge on any atom is -0.387 e. The van der Waals surface area contributed by atoms with Crippen LogP contribution < -0.4 is 11.2 Å². The number of aromatic nitrogens is 2. The quantitative estimate of drug-likeness (QED) is 0.750. The number of ether oxygens (including phenoxy) is 2. The molecule has 2 N–H and O–H groups in total. The van der Waals surface area contributed by atoms with Crippen molar-refractivity contribution >= 4 is 0 Å². The number of hydrogen-bond donors (Lipinski definition) is 2. The van der Waals surface area contributed by atoms with Crippen LogP contribution >= 0.6 is 0 Å². The zero-order valence-electron chi connectivity index (χ0n) is 10.5. The number of alkyl halides is 1. The largest absolute Gasteiger partial charge is 0.387 e. The average molecular weight is 274 g/mol. The summed E-state index contributed by atoms with van der Waals surface area (Å²) in [5.41, 5.74) is -2.64. The molecule has 1 saturated heterocycles. The van der Waals surface area contributed by atoms with Crippen LogP contribution in [0.5, 0.6) is 0 Å². The van der Waals surface area contributed by atoms with Gasteiger partial charge in [0.25, 0.3) is 5.56 Å². The summed E-state index contributed by atoms with van der Waals surface area (Å²) in [5, 5.41) is 9.86. The summed E-state index contributed by atoms with van der Waals surface area (Å²) in [6.07, 6.45) is -3.41. The van der Waals surface area contributed by atoms with E-state index in [0.29, 0.717) is 0 Å². The normalized spacial score (nSPS) is 34.6. The number of aliphatic hydroxyl groups excluding tert-OH is 1. The molecule has 2 rings (SSSR count). The highest BCUT2D eigenvalue weighted by Gasteiger charge is 2.53. The lowest BCUT2D eigenvalue weighted by atomic mass is 9.99. The maximum Gasteiger partial charge on any atom is 0.330 e. The number of hydrogen-bond acceptors (Lipinski definition) is 5. The molecule has 0 radical (unpaired) electrons. The third kappa shape index (κ3) is 2.34. The number of nitrogens with zero attached hydrogens (tertiary/aromatic N) is 1. The van der Waals surface area contributed by atoms with E-state index in [2.05, 4.69) is 0 Å². The summed E-state index contributed by atoms with van der Waals surface area (Å²) in [4.78, 5) is 24.6. The van der Waals surface area contributed by atoms with Gasteiger partial charge in [-0.1, -0.05) is 0 Å². The summed E-state index contributed by atoms with van der Waals surface area (Å²) < 4.78 is 25.3. The van der Waals surface area contributed by atoms with Crippen LogP contribution in [0.3, 0.4) is 0 Å². The Bertz CT molecular complexity index is 571. The van der Waals surface area contributed by atoms with Gasteiger partial charge in [0.1, 0.15) is 11.7 Å². The molecule has 0 aromatic carbocycles. The summed E-state index contributed by atoms with van der Waals surface area (Å²) in [6, 6.07) is 1.08. The molecule has 1 aromatic heterocycles. The SMILES string of the molecule is COCC1(C)OC(n2ccc(=O)[nH]c2=O)C(F)C1O. The Morgan fingerprint density at radius 1 is 1.63 bits per heavy atom. The van der Waals surface area contributed by atoms with Crippen molar-refractivity contribution in [2.24, 2.45) is 0 Å². The molecule has 4 atom stereocenters. The number of methoxy groups -OCH3 is 1. The van der Waals surface area contributed by atoms with E-state index in [0.717, 1.165) is 16.8 Å². The fourth-order valence-corrected chi connectivity index (χ4v) is 2.15. The van der Waals surface area contributed by atoms with Gasteiger partial charge < -0.3 is 14.6 Å². The Hall–Kier alpha value is -1.51. The van der Waals surface area contributed by atoms with E-state index in [4.69, 9.17) is 9.47 Å². The highest BCUT2D eigenvalue weighted by atomic mass is 19.1. The Labute approximate surface area is 107 Å². The third-order valence-corrected chi connectivity index (χ3v) is 3.15. The van der Waals surface area contributed by atoms with Crippen molar-refractivity contribution in [2.45, 2.75) is 31.0 Å². The molecular formula is C11H15FN2O5. The highest BCUT2D eigenvalue weighted by molar-refractivity contribution is 5.00. The van der Waals surface area contributed by atoms with Crippen LogP contribution in [-0.2, 0) is 9.47 Å². The minimum atomic E-state index is -1.80. The molecule has 1 fully saturated rings. The Morgan fingerprint density at radius 3 is 2.89 bits per heavy atom. The number of aliphatic hydroxyl groups is 1. The van der Waals surface area contributed by atoms with Gasteiger partial charge >= 0.3 is 5.69 Å². The fourth-order valence-electron chi connectivity index (χ4n) is 2.15. The predicted octanol–water partition coefficient (Wildman–Crippen LogP) is -0.830. The van der Waals surface area contributed by atoms with E-state index in [9.17, 15) is 19.1 Å². The fraction of sp³-hybridized carbons (Fsp3) is 0.636. The van der Waals surface area contributed by atoms with E-state index in [1.807, 2.05) is 4.98 Å².